The van der Waals surface area contributed by atoms with E-state index in [1.807, 2.05) is 54.6 Å². The van der Waals surface area contributed by atoms with E-state index in [1.165, 1.54) is 16.8 Å². The van der Waals surface area contributed by atoms with Crippen molar-refractivity contribution in [3.8, 4) is 28.7 Å². The van der Waals surface area contributed by atoms with E-state index in [4.69, 9.17) is 23.7 Å². The van der Waals surface area contributed by atoms with E-state index >= 15 is 0 Å². The molecule has 0 fully saturated rings. The number of aryl methyl sites for hydroxylation is 1. The van der Waals surface area contributed by atoms with Gasteiger partial charge in [-0.25, -0.2) is 4.58 Å². The molecule has 4 aromatic carbocycles. The van der Waals surface area contributed by atoms with Gasteiger partial charge in [0.25, 0.3) is 0 Å². The first-order chi connectivity index (χ1) is 20.1. The average Bonchev–Trinajstić information content (AvgIpc) is 3.02. The van der Waals surface area contributed by atoms with E-state index in [1.54, 1.807) is 21.3 Å². The van der Waals surface area contributed by atoms with Gasteiger partial charge in [0.15, 0.2) is 28.7 Å². The van der Waals surface area contributed by atoms with E-state index in [2.05, 4.69) is 42.0 Å². The lowest BCUT2D eigenvalue weighted by Crippen LogP contribution is -3.00. The van der Waals surface area contributed by atoms with E-state index < -0.39 is 0 Å². The minimum atomic E-state index is 0. The van der Waals surface area contributed by atoms with Crippen molar-refractivity contribution in [1.29, 1.82) is 0 Å². The number of ether oxygens (including phenoxy) is 5. The number of likely N-dealkylation sites (N-methyl/N-ethyl adjacent to an activating group) is 1. The van der Waals surface area contributed by atoms with Crippen LogP contribution < -0.4 is 47.7 Å². The number of halogens is 1. The topological polar surface area (TPSA) is 49.2 Å². The molecule has 220 valence electrons. The summed E-state index contributed by atoms with van der Waals surface area (Å²) in [6.45, 7) is 1.89. The van der Waals surface area contributed by atoms with Gasteiger partial charge in [0.05, 0.1) is 21.3 Å². The van der Waals surface area contributed by atoms with Crippen molar-refractivity contribution in [2.75, 3.05) is 34.9 Å². The van der Waals surface area contributed by atoms with Gasteiger partial charge in [-0.15, -0.1) is 0 Å². The lowest BCUT2D eigenvalue weighted by atomic mass is 9.99. The van der Waals surface area contributed by atoms with Gasteiger partial charge in [0.2, 0.25) is 5.75 Å². The summed E-state index contributed by atoms with van der Waals surface area (Å²) >= 11 is 0. The van der Waals surface area contributed by atoms with Crippen molar-refractivity contribution in [2.24, 2.45) is 0 Å². The predicted molar refractivity (Wildman–Crippen MR) is 161 cm³/mol. The summed E-state index contributed by atoms with van der Waals surface area (Å²) in [5, 5.41) is 0. The molecule has 0 N–H and O–H groups in total. The molecule has 1 aliphatic rings. The summed E-state index contributed by atoms with van der Waals surface area (Å²) in [6, 6.07) is 28.7. The Morgan fingerprint density at radius 2 is 1.29 bits per heavy atom. The van der Waals surface area contributed by atoms with Gasteiger partial charge in [-0.2, -0.15) is 0 Å². The molecule has 0 bridgehead atoms. The fourth-order valence-electron chi connectivity index (χ4n) is 5.27. The average molecular weight is 684 g/mol. The molecule has 7 heteroatoms. The standard InChI is InChI=1S/C35H38NO5.HI/c1-36-18-17-28-21-31(37-2)32(40-23-25-11-7-5-8-12-25)22-29(28)30(36)16-15-27-19-33(38-3)35(39-4)34(20-27)41-24-26-13-9-6-10-14-26;/h5-14,19-22H,15-18,23-24H2,1-4H3;1H/q+1;/p-1/i1+2,16+2;. The highest BCUT2D eigenvalue weighted by Crippen LogP contribution is 2.40. The molecule has 5 rings (SSSR count). The molecular weight excluding hydrogens is 645 g/mol. The molecule has 4 aromatic rings. The lowest BCUT2D eigenvalue weighted by Gasteiger charge is -2.20. The number of nitrogens with zero attached hydrogens (tertiary/aromatic N) is 1. The quantitative estimate of drug-likeness (QED) is 0.169. The van der Waals surface area contributed by atoms with Crippen LogP contribution >= 0.6 is 0 Å². The Morgan fingerprint density at radius 3 is 1.88 bits per heavy atom. The van der Waals surface area contributed by atoms with Crippen LogP contribution in [0.4, 0.5) is 0 Å². The van der Waals surface area contributed by atoms with Crippen molar-refractivity contribution in [2.45, 2.75) is 32.5 Å². The second-order valence-electron chi connectivity index (χ2n) is 10.2. The number of hydrogen-bond donors (Lipinski definition) is 0. The van der Waals surface area contributed by atoms with Gasteiger partial charge in [-0.3, -0.25) is 0 Å². The summed E-state index contributed by atoms with van der Waals surface area (Å²) in [7, 11) is 7.16. The Balaban J connectivity index is 0.00000405. The van der Waals surface area contributed by atoms with E-state index in [0.717, 1.165) is 54.0 Å². The van der Waals surface area contributed by atoms with Crippen LogP contribution in [0.5, 0.6) is 28.7 Å². The highest BCUT2D eigenvalue weighted by molar-refractivity contribution is 5.99. The van der Waals surface area contributed by atoms with Crippen LogP contribution in [0.15, 0.2) is 84.9 Å². The Morgan fingerprint density at radius 1 is 0.690 bits per heavy atom. The van der Waals surface area contributed by atoms with Crippen molar-refractivity contribution in [3.05, 3.63) is 113 Å². The van der Waals surface area contributed by atoms with E-state index in [-0.39, 0.29) is 24.0 Å². The third kappa shape index (κ3) is 7.37. The summed E-state index contributed by atoms with van der Waals surface area (Å²) < 4.78 is 31.9. The largest absolute Gasteiger partial charge is 1.00 e. The maximum Gasteiger partial charge on any atom is 0.203 e. The highest BCUT2D eigenvalue weighted by Gasteiger charge is 2.26. The van der Waals surface area contributed by atoms with Crippen LogP contribution in [0.3, 0.4) is 0 Å². The fourth-order valence-corrected chi connectivity index (χ4v) is 5.27. The normalized spacial score (nSPS) is 12.2. The second kappa shape index (κ2) is 15.0. The molecule has 0 aliphatic carbocycles. The first kappa shape index (κ1) is 31.2. The Hall–Kier alpha value is -3.72. The summed E-state index contributed by atoms with van der Waals surface area (Å²) in [4.78, 5) is 0. The van der Waals surface area contributed by atoms with Crippen LogP contribution in [0.2, 0.25) is 0 Å². The molecule has 1 heterocycles. The van der Waals surface area contributed by atoms with Gasteiger partial charge in [-0.05, 0) is 52.9 Å². The number of fused-ring (bicyclic) bond motifs is 1. The molecule has 0 atom stereocenters. The summed E-state index contributed by atoms with van der Waals surface area (Å²) in [5.74, 6) is 3.47. The maximum absolute atomic E-state index is 6.26. The first-order valence-electron chi connectivity index (χ1n) is 14.0. The summed E-state index contributed by atoms with van der Waals surface area (Å²) in [6.07, 6.45) is 2.62. The molecule has 0 aromatic heterocycles. The van der Waals surface area contributed by atoms with Crippen molar-refractivity contribution in [1.82, 2.24) is 0 Å². The van der Waals surface area contributed by atoms with Gasteiger partial charge in [0, 0.05) is 18.4 Å². The van der Waals surface area contributed by atoms with Crippen LogP contribution in [0, 0.1) is 0 Å². The number of rotatable bonds is 12. The summed E-state index contributed by atoms with van der Waals surface area (Å²) in [5.41, 5.74) is 7.10. The third-order valence-electron chi connectivity index (χ3n) is 7.51. The minimum Gasteiger partial charge on any atom is -1.00 e. The monoisotopic (exact) mass is 683 g/mol. The predicted octanol–water partition coefficient (Wildman–Crippen LogP) is 3.49. The zero-order valence-electron chi connectivity index (χ0n) is 24.7. The molecular formula is C35H38INO5. The van der Waals surface area contributed by atoms with E-state index in [0.29, 0.717) is 30.5 Å². The first-order valence-corrected chi connectivity index (χ1v) is 14.0. The number of hydrogen-bond acceptors (Lipinski definition) is 5. The zero-order chi connectivity index (χ0) is 28.6. The highest BCUT2D eigenvalue weighted by atomic mass is 127. The van der Waals surface area contributed by atoms with Gasteiger partial charge < -0.3 is 47.7 Å². The Labute approximate surface area is 265 Å². The minimum absolute atomic E-state index is 0. The fraction of sp³-hybridized carbons (Fsp3) is 0.286. The van der Waals surface area contributed by atoms with Crippen molar-refractivity contribution < 1.29 is 52.2 Å². The van der Waals surface area contributed by atoms with Crippen LogP contribution in [0.25, 0.3) is 0 Å². The van der Waals surface area contributed by atoms with Gasteiger partial charge in [-0.1, -0.05) is 60.7 Å². The molecule has 1 aliphatic heterocycles. The Bertz CT molecular complexity index is 1510. The molecule has 0 amide bonds. The lowest BCUT2D eigenvalue weighted by molar-refractivity contribution is -0.499. The Kier molecular flexibility index (Phi) is 11.1. The molecule has 6 nitrogen and oxygen atoms in total. The number of methoxy groups -OCH3 is 3. The van der Waals surface area contributed by atoms with Crippen LogP contribution in [-0.4, -0.2) is 45.2 Å². The number of benzene rings is 4. The van der Waals surface area contributed by atoms with Gasteiger partial charge >= 0.3 is 0 Å². The zero-order valence-corrected chi connectivity index (χ0v) is 26.8. The maximum atomic E-state index is 6.26. The second-order valence-corrected chi connectivity index (χ2v) is 10.2. The molecule has 42 heavy (non-hydrogen) atoms. The molecule has 0 saturated carbocycles. The van der Waals surface area contributed by atoms with E-state index in [9.17, 15) is 0 Å². The van der Waals surface area contributed by atoms with Crippen molar-refractivity contribution in [3.63, 3.8) is 0 Å². The molecule has 0 radical (unpaired) electrons. The SMILES string of the molecule is COc1cc2c(cc1OCc1ccccc1)C([14CH2]Cc1cc(OC)c(OC)c(OCc3ccccc3)c1)=[N+]([14CH3])CC2.[I-]. The third-order valence-corrected chi connectivity index (χ3v) is 7.51. The van der Waals surface area contributed by atoms with Crippen molar-refractivity contribution >= 4 is 5.71 Å². The molecule has 0 saturated heterocycles. The van der Waals surface area contributed by atoms with Crippen LogP contribution in [-0.2, 0) is 26.1 Å². The van der Waals surface area contributed by atoms with Gasteiger partial charge in [0.1, 0.15) is 26.8 Å². The molecule has 0 spiro atoms. The smallest absolute Gasteiger partial charge is 0.203 e. The molecule has 0 unspecified atom stereocenters. The van der Waals surface area contributed by atoms with Crippen LogP contribution in [0.1, 0.15) is 34.2 Å².